The maximum Gasteiger partial charge on any atom is 0.294 e. The molecule has 22 heavy (non-hydrogen) atoms. The van der Waals surface area contributed by atoms with Gasteiger partial charge >= 0.3 is 0 Å². The summed E-state index contributed by atoms with van der Waals surface area (Å²) < 4.78 is 7.34. The molecule has 0 aliphatic heterocycles. The van der Waals surface area contributed by atoms with Crippen molar-refractivity contribution < 1.29 is 9.34 Å². The SMILES string of the molecule is Cc1csc(=Nc2ccccc2[N+](=O)[O-])n1Cc1ccco1. The van der Waals surface area contributed by atoms with Crippen LogP contribution in [0.5, 0.6) is 0 Å². The molecule has 112 valence electrons. The summed E-state index contributed by atoms with van der Waals surface area (Å²) >= 11 is 1.45. The number of hydrogen-bond donors (Lipinski definition) is 0. The summed E-state index contributed by atoms with van der Waals surface area (Å²) in [7, 11) is 0. The zero-order valence-corrected chi connectivity index (χ0v) is 12.6. The third-order valence-corrected chi connectivity index (χ3v) is 4.16. The smallest absolute Gasteiger partial charge is 0.294 e. The van der Waals surface area contributed by atoms with Gasteiger partial charge in [0.2, 0.25) is 0 Å². The third kappa shape index (κ3) is 2.84. The fraction of sp³-hybridized carbons (Fsp3) is 0.133. The van der Waals surface area contributed by atoms with E-state index >= 15 is 0 Å². The van der Waals surface area contributed by atoms with Crippen LogP contribution in [0.25, 0.3) is 0 Å². The van der Waals surface area contributed by atoms with Gasteiger partial charge in [0, 0.05) is 17.1 Å². The summed E-state index contributed by atoms with van der Waals surface area (Å²) in [6.45, 7) is 2.51. The second kappa shape index (κ2) is 5.98. The first-order valence-electron chi connectivity index (χ1n) is 6.60. The van der Waals surface area contributed by atoms with Gasteiger partial charge in [0.15, 0.2) is 4.80 Å². The molecule has 3 aromatic rings. The number of benzene rings is 1. The fourth-order valence-electron chi connectivity index (χ4n) is 2.07. The van der Waals surface area contributed by atoms with E-state index in [1.165, 1.54) is 17.4 Å². The van der Waals surface area contributed by atoms with E-state index in [0.717, 1.165) is 11.5 Å². The Bertz CT molecular complexity index is 862. The highest BCUT2D eigenvalue weighted by Gasteiger charge is 2.12. The van der Waals surface area contributed by atoms with Crippen molar-refractivity contribution in [3.63, 3.8) is 0 Å². The van der Waals surface area contributed by atoms with Crippen LogP contribution < -0.4 is 4.80 Å². The van der Waals surface area contributed by atoms with Crippen molar-refractivity contribution in [1.82, 2.24) is 4.57 Å². The van der Waals surface area contributed by atoms with E-state index in [2.05, 4.69) is 4.99 Å². The molecule has 0 radical (unpaired) electrons. The molecule has 0 aliphatic rings. The van der Waals surface area contributed by atoms with Crippen molar-refractivity contribution in [2.24, 2.45) is 4.99 Å². The van der Waals surface area contributed by atoms with Gasteiger partial charge in [-0.05, 0) is 25.1 Å². The molecule has 6 nitrogen and oxygen atoms in total. The molecule has 0 fully saturated rings. The molecule has 0 amide bonds. The molecule has 0 atom stereocenters. The number of nitrogens with zero attached hydrogens (tertiary/aromatic N) is 3. The first-order valence-corrected chi connectivity index (χ1v) is 7.48. The lowest BCUT2D eigenvalue weighted by Gasteiger charge is -2.03. The highest BCUT2D eigenvalue weighted by Crippen LogP contribution is 2.25. The Hall–Kier alpha value is -2.67. The highest BCUT2D eigenvalue weighted by atomic mass is 32.1. The Labute approximate surface area is 130 Å². The van der Waals surface area contributed by atoms with Crippen LogP contribution in [0.4, 0.5) is 11.4 Å². The summed E-state index contributed by atoms with van der Waals surface area (Å²) in [5.74, 6) is 0.811. The van der Waals surface area contributed by atoms with Gasteiger partial charge in [-0.2, -0.15) is 0 Å². The topological polar surface area (TPSA) is 73.6 Å². The van der Waals surface area contributed by atoms with E-state index in [9.17, 15) is 10.1 Å². The van der Waals surface area contributed by atoms with E-state index in [1.54, 1.807) is 24.5 Å². The van der Waals surface area contributed by atoms with Crippen molar-refractivity contribution in [2.75, 3.05) is 0 Å². The van der Waals surface area contributed by atoms with Crippen LogP contribution in [-0.2, 0) is 6.54 Å². The van der Waals surface area contributed by atoms with Crippen LogP contribution in [-0.4, -0.2) is 9.49 Å². The van der Waals surface area contributed by atoms with E-state index in [4.69, 9.17) is 4.42 Å². The fourth-order valence-corrected chi connectivity index (χ4v) is 2.96. The number of nitro benzene ring substituents is 1. The van der Waals surface area contributed by atoms with E-state index in [1.807, 2.05) is 29.0 Å². The Morgan fingerprint density at radius 3 is 2.86 bits per heavy atom. The number of rotatable bonds is 4. The monoisotopic (exact) mass is 315 g/mol. The summed E-state index contributed by atoms with van der Waals surface area (Å²) in [6, 6.07) is 10.2. The van der Waals surface area contributed by atoms with Gasteiger partial charge in [0.1, 0.15) is 11.4 Å². The summed E-state index contributed by atoms with van der Waals surface area (Å²) in [5, 5.41) is 13.1. The summed E-state index contributed by atoms with van der Waals surface area (Å²) in [5.41, 5.74) is 1.37. The van der Waals surface area contributed by atoms with Crippen LogP contribution in [0.15, 0.2) is 57.5 Å². The minimum absolute atomic E-state index is 0.00176. The van der Waals surface area contributed by atoms with E-state index < -0.39 is 4.92 Å². The van der Waals surface area contributed by atoms with Crippen LogP contribution >= 0.6 is 11.3 Å². The summed E-state index contributed by atoms with van der Waals surface area (Å²) in [6.07, 6.45) is 1.62. The first-order chi connectivity index (χ1) is 10.6. The highest BCUT2D eigenvalue weighted by molar-refractivity contribution is 7.07. The Morgan fingerprint density at radius 2 is 2.14 bits per heavy atom. The van der Waals surface area contributed by atoms with Gasteiger partial charge in [0.05, 0.1) is 17.7 Å². The minimum Gasteiger partial charge on any atom is -0.467 e. The zero-order valence-electron chi connectivity index (χ0n) is 11.8. The molecule has 1 aromatic carbocycles. The molecule has 0 saturated heterocycles. The predicted molar refractivity (Wildman–Crippen MR) is 83.2 cm³/mol. The van der Waals surface area contributed by atoms with Crippen molar-refractivity contribution in [1.29, 1.82) is 0 Å². The molecule has 3 rings (SSSR count). The molecular weight excluding hydrogens is 302 g/mol. The second-order valence-corrected chi connectivity index (χ2v) is 5.52. The molecule has 0 unspecified atom stereocenters. The molecule has 0 N–H and O–H groups in total. The van der Waals surface area contributed by atoms with Gasteiger partial charge < -0.3 is 8.98 Å². The van der Waals surface area contributed by atoms with E-state index in [-0.39, 0.29) is 5.69 Å². The molecule has 7 heteroatoms. The Morgan fingerprint density at radius 1 is 1.32 bits per heavy atom. The quantitative estimate of drug-likeness (QED) is 0.545. The van der Waals surface area contributed by atoms with Gasteiger partial charge in [-0.15, -0.1) is 11.3 Å². The maximum absolute atomic E-state index is 11.1. The van der Waals surface area contributed by atoms with Gasteiger partial charge in [-0.3, -0.25) is 10.1 Å². The van der Waals surface area contributed by atoms with Gasteiger partial charge in [-0.25, -0.2) is 4.99 Å². The number of hydrogen-bond acceptors (Lipinski definition) is 5. The Kier molecular flexibility index (Phi) is 3.88. The van der Waals surface area contributed by atoms with Gasteiger partial charge in [0.25, 0.3) is 5.69 Å². The average molecular weight is 315 g/mol. The lowest BCUT2D eigenvalue weighted by molar-refractivity contribution is -0.384. The number of aryl methyl sites for hydroxylation is 1. The molecule has 0 spiro atoms. The predicted octanol–water partition coefficient (Wildman–Crippen LogP) is 3.64. The molecule has 0 saturated carbocycles. The Balaban J connectivity index is 2.08. The van der Waals surface area contributed by atoms with Crippen LogP contribution in [0.2, 0.25) is 0 Å². The average Bonchev–Trinajstić information content (AvgIpc) is 3.13. The molecule has 2 aromatic heterocycles. The molecular formula is C15H13N3O3S. The van der Waals surface area contributed by atoms with E-state index in [0.29, 0.717) is 17.0 Å². The lowest BCUT2D eigenvalue weighted by Crippen LogP contribution is -2.16. The van der Waals surface area contributed by atoms with Crippen molar-refractivity contribution >= 4 is 22.7 Å². The van der Waals surface area contributed by atoms with Gasteiger partial charge in [-0.1, -0.05) is 12.1 Å². The minimum atomic E-state index is -0.420. The van der Waals surface area contributed by atoms with Crippen molar-refractivity contribution in [3.05, 3.63) is 74.4 Å². The largest absolute Gasteiger partial charge is 0.467 e. The molecule has 0 aliphatic carbocycles. The van der Waals surface area contributed by atoms with Crippen molar-refractivity contribution in [3.8, 4) is 0 Å². The molecule has 2 heterocycles. The summed E-state index contributed by atoms with van der Waals surface area (Å²) in [4.78, 5) is 15.8. The zero-order chi connectivity index (χ0) is 15.5. The van der Waals surface area contributed by atoms with Crippen LogP contribution in [0.3, 0.4) is 0 Å². The van der Waals surface area contributed by atoms with Crippen molar-refractivity contribution in [2.45, 2.75) is 13.5 Å². The third-order valence-electron chi connectivity index (χ3n) is 3.18. The number of nitro groups is 1. The number of aromatic nitrogens is 1. The van der Waals surface area contributed by atoms with Crippen LogP contribution in [0.1, 0.15) is 11.5 Å². The lowest BCUT2D eigenvalue weighted by atomic mass is 10.3. The second-order valence-electron chi connectivity index (χ2n) is 4.68. The molecule has 0 bridgehead atoms. The normalized spacial score (nSPS) is 11.8. The standard InChI is InChI=1S/C15H13N3O3S/c1-11-10-22-15(17(11)9-12-5-4-8-21-12)16-13-6-2-3-7-14(13)18(19)20/h2-8,10H,9H2,1H3. The number of thiazole rings is 1. The number of furan rings is 1. The number of para-hydroxylation sites is 2. The first kappa shape index (κ1) is 14.3. The maximum atomic E-state index is 11.1. The van der Waals surface area contributed by atoms with Crippen LogP contribution in [0, 0.1) is 17.0 Å².